The molecule has 0 N–H and O–H groups in total. The number of nitrogens with zero attached hydrogens (tertiary/aromatic N) is 1. The SMILES string of the molecule is COc1cc(OC)cc(-c2oc3cc(OCc4ccccc4)ccc3c(=O)c2Cc2cccnc2)c1. The van der Waals surface area contributed by atoms with Crippen LogP contribution in [0, 0.1) is 0 Å². The van der Waals surface area contributed by atoms with Gasteiger partial charge in [0.15, 0.2) is 5.43 Å². The maximum absolute atomic E-state index is 13.7. The highest BCUT2D eigenvalue weighted by molar-refractivity contribution is 5.82. The molecule has 0 saturated carbocycles. The molecule has 0 saturated heterocycles. The van der Waals surface area contributed by atoms with Crippen LogP contribution >= 0.6 is 0 Å². The Morgan fingerprint density at radius 3 is 2.25 bits per heavy atom. The Hall–Kier alpha value is -4.58. The fourth-order valence-electron chi connectivity index (χ4n) is 4.08. The molecule has 36 heavy (non-hydrogen) atoms. The molecule has 0 aliphatic carbocycles. The van der Waals surface area contributed by atoms with E-state index < -0.39 is 0 Å². The molecule has 6 heteroatoms. The predicted octanol–water partition coefficient (Wildman–Crippen LogP) is 6.04. The minimum Gasteiger partial charge on any atom is -0.497 e. The van der Waals surface area contributed by atoms with Gasteiger partial charge in [-0.3, -0.25) is 9.78 Å². The molecular weight excluding hydrogens is 454 g/mol. The number of hydrogen-bond acceptors (Lipinski definition) is 6. The quantitative estimate of drug-likeness (QED) is 0.270. The molecule has 0 amide bonds. The molecule has 6 nitrogen and oxygen atoms in total. The zero-order chi connectivity index (χ0) is 24.9. The molecule has 0 fully saturated rings. The average molecular weight is 480 g/mol. The van der Waals surface area contributed by atoms with Gasteiger partial charge in [0.2, 0.25) is 0 Å². The van der Waals surface area contributed by atoms with Crippen LogP contribution in [0.1, 0.15) is 16.7 Å². The number of pyridine rings is 1. The Balaban J connectivity index is 1.63. The molecule has 2 heterocycles. The van der Waals surface area contributed by atoms with E-state index in [0.29, 0.717) is 58.1 Å². The molecule has 180 valence electrons. The van der Waals surface area contributed by atoms with E-state index in [4.69, 9.17) is 18.6 Å². The Morgan fingerprint density at radius 1 is 0.806 bits per heavy atom. The summed E-state index contributed by atoms with van der Waals surface area (Å²) in [7, 11) is 3.17. The number of ether oxygens (including phenoxy) is 3. The Kier molecular flexibility index (Phi) is 6.67. The van der Waals surface area contributed by atoms with Crippen LogP contribution in [0.2, 0.25) is 0 Å². The second-order valence-corrected chi connectivity index (χ2v) is 8.31. The summed E-state index contributed by atoms with van der Waals surface area (Å²) in [6.45, 7) is 0.412. The van der Waals surface area contributed by atoms with Gasteiger partial charge in [-0.05, 0) is 41.5 Å². The monoisotopic (exact) mass is 479 g/mol. The van der Waals surface area contributed by atoms with E-state index >= 15 is 0 Å². The van der Waals surface area contributed by atoms with E-state index in [2.05, 4.69) is 4.98 Å². The maximum Gasteiger partial charge on any atom is 0.196 e. The van der Waals surface area contributed by atoms with Crippen LogP contribution in [0.4, 0.5) is 0 Å². The molecule has 2 aromatic heterocycles. The van der Waals surface area contributed by atoms with Gasteiger partial charge >= 0.3 is 0 Å². The zero-order valence-corrected chi connectivity index (χ0v) is 20.1. The van der Waals surface area contributed by atoms with Gasteiger partial charge in [-0.25, -0.2) is 0 Å². The van der Waals surface area contributed by atoms with E-state index in [0.717, 1.165) is 11.1 Å². The molecular formula is C30H25NO5. The van der Waals surface area contributed by atoms with Crippen molar-refractivity contribution < 1.29 is 18.6 Å². The Bertz CT molecular complexity index is 1520. The molecule has 5 aromatic rings. The number of benzene rings is 3. The van der Waals surface area contributed by atoms with Crippen molar-refractivity contribution >= 4 is 11.0 Å². The van der Waals surface area contributed by atoms with Crippen molar-refractivity contribution in [2.24, 2.45) is 0 Å². The number of aromatic nitrogens is 1. The van der Waals surface area contributed by atoms with Crippen LogP contribution in [-0.4, -0.2) is 19.2 Å². The Morgan fingerprint density at radius 2 is 1.56 bits per heavy atom. The van der Waals surface area contributed by atoms with Gasteiger partial charge in [-0.15, -0.1) is 0 Å². The number of fused-ring (bicyclic) bond motifs is 1. The van der Waals surface area contributed by atoms with Crippen molar-refractivity contribution in [3.8, 4) is 28.6 Å². The van der Waals surface area contributed by atoms with Crippen molar-refractivity contribution in [1.29, 1.82) is 0 Å². The van der Waals surface area contributed by atoms with Crippen molar-refractivity contribution in [3.63, 3.8) is 0 Å². The maximum atomic E-state index is 13.7. The summed E-state index contributed by atoms with van der Waals surface area (Å²) in [6.07, 6.45) is 3.82. The summed E-state index contributed by atoms with van der Waals surface area (Å²) in [5.74, 6) is 2.26. The number of methoxy groups -OCH3 is 2. The van der Waals surface area contributed by atoms with E-state index in [9.17, 15) is 4.79 Å². The lowest BCUT2D eigenvalue weighted by molar-refractivity contribution is 0.306. The highest BCUT2D eigenvalue weighted by atomic mass is 16.5. The second-order valence-electron chi connectivity index (χ2n) is 8.31. The van der Waals surface area contributed by atoms with Crippen molar-refractivity contribution in [2.75, 3.05) is 14.2 Å². The third-order valence-electron chi connectivity index (χ3n) is 5.92. The van der Waals surface area contributed by atoms with Gasteiger partial charge in [0.25, 0.3) is 0 Å². The highest BCUT2D eigenvalue weighted by Gasteiger charge is 2.19. The molecule has 0 unspecified atom stereocenters. The summed E-state index contributed by atoms with van der Waals surface area (Å²) in [5, 5.41) is 0.486. The topological polar surface area (TPSA) is 70.8 Å². The first kappa shape index (κ1) is 23.2. The van der Waals surface area contributed by atoms with E-state index in [-0.39, 0.29) is 5.43 Å². The van der Waals surface area contributed by atoms with Gasteiger partial charge < -0.3 is 18.6 Å². The van der Waals surface area contributed by atoms with Gasteiger partial charge in [0, 0.05) is 42.1 Å². The van der Waals surface area contributed by atoms with Gasteiger partial charge in [0.05, 0.1) is 19.6 Å². The largest absolute Gasteiger partial charge is 0.497 e. The number of rotatable bonds is 8. The van der Waals surface area contributed by atoms with Crippen molar-refractivity contribution in [1.82, 2.24) is 4.98 Å². The molecule has 0 aliphatic heterocycles. The van der Waals surface area contributed by atoms with Crippen LogP contribution in [0.3, 0.4) is 0 Å². The summed E-state index contributed by atoms with van der Waals surface area (Å²) in [4.78, 5) is 17.9. The lowest BCUT2D eigenvalue weighted by Gasteiger charge is -2.14. The van der Waals surface area contributed by atoms with Crippen LogP contribution in [0.25, 0.3) is 22.3 Å². The zero-order valence-electron chi connectivity index (χ0n) is 20.1. The molecule has 0 aliphatic rings. The molecule has 0 bridgehead atoms. The predicted molar refractivity (Wildman–Crippen MR) is 139 cm³/mol. The van der Waals surface area contributed by atoms with E-state index in [1.54, 1.807) is 50.9 Å². The molecule has 3 aromatic carbocycles. The van der Waals surface area contributed by atoms with E-state index in [1.807, 2.05) is 54.6 Å². The summed E-state index contributed by atoms with van der Waals surface area (Å²) < 4.78 is 23.3. The van der Waals surface area contributed by atoms with Gasteiger partial charge in [-0.2, -0.15) is 0 Å². The van der Waals surface area contributed by atoms with Crippen LogP contribution in [0.15, 0.2) is 100 Å². The average Bonchev–Trinajstić information content (AvgIpc) is 2.94. The summed E-state index contributed by atoms with van der Waals surface area (Å²) >= 11 is 0. The van der Waals surface area contributed by atoms with Crippen molar-refractivity contribution in [2.45, 2.75) is 13.0 Å². The van der Waals surface area contributed by atoms with Crippen molar-refractivity contribution in [3.05, 3.63) is 118 Å². The lowest BCUT2D eigenvalue weighted by atomic mass is 9.99. The van der Waals surface area contributed by atoms with Crippen LogP contribution < -0.4 is 19.6 Å². The first-order valence-corrected chi connectivity index (χ1v) is 11.5. The van der Waals surface area contributed by atoms with E-state index in [1.165, 1.54) is 0 Å². The summed E-state index contributed by atoms with van der Waals surface area (Å²) in [6, 6.07) is 24.4. The normalized spacial score (nSPS) is 10.8. The fourth-order valence-corrected chi connectivity index (χ4v) is 4.08. The molecule has 0 spiro atoms. The minimum atomic E-state index is -0.105. The first-order chi connectivity index (χ1) is 17.6. The summed E-state index contributed by atoms with van der Waals surface area (Å²) in [5.41, 5.74) is 3.50. The highest BCUT2D eigenvalue weighted by Crippen LogP contribution is 2.34. The second kappa shape index (κ2) is 10.4. The van der Waals surface area contributed by atoms with Crippen LogP contribution in [-0.2, 0) is 13.0 Å². The van der Waals surface area contributed by atoms with Gasteiger partial charge in [-0.1, -0.05) is 36.4 Å². The number of hydrogen-bond donors (Lipinski definition) is 0. The fraction of sp³-hybridized carbons (Fsp3) is 0.133. The standard InChI is InChI=1S/C30H25NO5/c1-33-24-14-22(15-25(16-24)34-2)30-27(13-21-9-6-12-31-18-21)29(32)26-11-10-23(17-28(26)36-30)35-19-20-7-4-3-5-8-20/h3-12,14-18H,13,19H2,1-2H3. The van der Waals surface area contributed by atoms with Crippen LogP contribution in [0.5, 0.6) is 17.2 Å². The minimum absolute atomic E-state index is 0.105. The van der Waals surface area contributed by atoms with Gasteiger partial charge in [0.1, 0.15) is 35.2 Å². The third-order valence-corrected chi connectivity index (χ3v) is 5.92. The first-order valence-electron chi connectivity index (χ1n) is 11.5. The lowest BCUT2D eigenvalue weighted by Crippen LogP contribution is -2.12. The Labute approximate surface area is 208 Å². The molecule has 0 radical (unpaired) electrons. The third kappa shape index (κ3) is 4.93. The smallest absolute Gasteiger partial charge is 0.196 e. The molecule has 5 rings (SSSR count). The molecule has 0 atom stereocenters.